The number of aromatic carboxylic acids is 1. The highest BCUT2D eigenvalue weighted by atomic mass is 19.3. The lowest BCUT2D eigenvalue weighted by molar-refractivity contribution is -0.0488. The summed E-state index contributed by atoms with van der Waals surface area (Å²) in [4.78, 5) is 25.8. The summed E-state index contributed by atoms with van der Waals surface area (Å²) in [6, 6.07) is 0.548. The number of nitrogens with two attached hydrogens (primary N) is 1. The molecular formula is C20H20F3N3O4. The number of hydrogen-bond acceptors (Lipinski definition) is 5. The predicted octanol–water partition coefficient (Wildman–Crippen LogP) is 2.70. The maximum absolute atomic E-state index is 15.2. The van der Waals surface area contributed by atoms with Crippen molar-refractivity contribution in [1.82, 2.24) is 4.57 Å². The second kappa shape index (κ2) is 6.37. The van der Waals surface area contributed by atoms with E-state index in [0.29, 0.717) is 19.4 Å². The first-order valence-corrected chi connectivity index (χ1v) is 9.82. The Morgan fingerprint density at radius 2 is 2.03 bits per heavy atom. The first-order valence-electron chi connectivity index (χ1n) is 9.82. The number of nitrogens with zero attached hydrogens (tertiary/aromatic N) is 2. The van der Waals surface area contributed by atoms with E-state index in [1.165, 1.54) is 4.57 Å². The van der Waals surface area contributed by atoms with Crippen LogP contribution < -0.4 is 20.8 Å². The standard InChI is InChI=1S/C20H20F3N3O4/c21-12-5-10-14(26(9-1-2-9)6-11(16(10)27)18(28)29)17(30-19(22)23)15(12)25-7-13(24)20(8-25)3-4-20/h5-6,9,13,19H,1-4,7-8,24H2,(H,28,29)/t13-/m1/s1. The molecule has 0 bridgehead atoms. The molecule has 1 aliphatic heterocycles. The molecule has 1 spiro atoms. The van der Waals surface area contributed by atoms with Gasteiger partial charge < -0.3 is 25.0 Å². The monoisotopic (exact) mass is 423 g/mol. The van der Waals surface area contributed by atoms with Crippen LogP contribution in [0.25, 0.3) is 10.9 Å². The van der Waals surface area contributed by atoms with Gasteiger partial charge in [-0.3, -0.25) is 4.79 Å². The smallest absolute Gasteiger partial charge is 0.387 e. The van der Waals surface area contributed by atoms with Gasteiger partial charge in [0.1, 0.15) is 11.3 Å². The zero-order valence-electron chi connectivity index (χ0n) is 15.9. The zero-order chi connectivity index (χ0) is 21.4. The lowest BCUT2D eigenvalue weighted by Crippen LogP contribution is -2.30. The minimum Gasteiger partial charge on any atom is -0.477 e. The van der Waals surface area contributed by atoms with E-state index in [1.54, 1.807) is 4.90 Å². The third kappa shape index (κ3) is 2.84. The van der Waals surface area contributed by atoms with E-state index >= 15 is 4.39 Å². The van der Waals surface area contributed by atoms with E-state index in [0.717, 1.165) is 25.1 Å². The highest BCUT2D eigenvalue weighted by molar-refractivity contribution is 5.97. The van der Waals surface area contributed by atoms with Crippen molar-refractivity contribution >= 4 is 22.6 Å². The molecule has 2 aromatic rings. The van der Waals surface area contributed by atoms with Gasteiger partial charge in [0.15, 0.2) is 11.6 Å². The summed E-state index contributed by atoms with van der Waals surface area (Å²) in [6.45, 7) is -2.55. The Morgan fingerprint density at radius 3 is 2.57 bits per heavy atom. The average molecular weight is 423 g/mol. The van der Waals surface area contributed by atoms with Gasteiger partial charge in [-0.1, -0.05) is 0 Å². The van der Waals surface area contributed by atoms with E-state index in [1.807, 2.05) is 0 Å². The van der Waals surface area contributed by atoms with Gasteiger partial charge in [-0.2, -0.15) is 8.78 Å². The van der Waals surface area contributed by atoms with Gasteiger partial charge in [0.2, 0.25) is 5.43 Å². The molecule has 0 amide bonds. The van der Waals surface area contributed by atoms with E-state index < -0.39 is 35.1 Å². The van der Waals surface area contributed by atoms with Crippen molar-refractivity contribution in [2.45, 2.75) is 44.4 Å². The predicted molar refractivity (Wildman–Crippen MR) is 102 cm³/mol. The number of pyridine rings is 1. The molecule has 1 aromatic heterocycles. The molecule has 0 radical (unpaired) electrons. The fourth-order valence-electron chi connectivity index (χ4n) is 4.58. The number of ether oxygens (including phenoxy) is 1. The maximum atomic E-state index is 15.2. The highest BCUT2D eigenvalue weighted by Crippen LogP contribution is 2.54. The van der Waals surface area contributed by atoms with Crippen LogP contribution in [-0.2, 0) is 0 Å². The number of rotatable bonds is 5. The normalized spacial score (nSPS) is 22.3. The van der Waals surface area contributed by atoms with Crippen LogP contribution >= 0.6 is 0 Å². The molecule has 1 saturated heterocycles. The number of benzene rings is 1. The summed E-state index contributed by atoms with van der Waals surface area (Å²) < 4.78 is 48.2. The largest absolute Gasteiger partial charge is 0.477 e. The van der Waals surface area contributed by atoms with Crippen LogP contribution in [-0.4, -0.2) is 41.4 Å². The molecule has 5 rings (SSSR count). The van der Waals surface area contributed by atoms with Gasteiger partial charge in [-0.25, -0.2) is 9.18 Å². The van der Waals surface area contributed by atoms with Crippen molar-refractivity contribution in [3.8, 4) is 5.75 Å². The molecule has 30 heavy (non-hydrogen) atoms. The Kier molecular flexibility index (Phi) is 4.08. The molecule has 2 saturated carbocycles. The van der Waals surface area contributed by atoms with Gasteiger partial charge in [0.05, 0.1) is 10.9 Å². The molecular weight excluding hydrogens is 403 g/mol. The zero-order valence-corrected chi connectivity index (χ0v) is 15.9. The van der Waals surface area contributed by atoms with Crippen LogP contribution in [0.5, 0.6) is 5.75 Å². The molecule has 3 fully saturated rings. The fourth-order valence-corrected chi connectivity index (χ4v) is 4.58. The second-order valence-electron chi connectivity index (χ2n) is 8.48. The summed E-state index contributed by atoms with van der Waals surface area (Å²) >= 11 is 0. The molecule has 1 atom stereocenters. The molecule has 160 valence electrons. The van der Waals surface area contributed by atoms with E-state index in [9.17, 15) is 23.5 Å². The molecule has 0 unspecified atom stereocenters. The third-order valence-electron chi connectivity index (χ3n) is 6.49. The van der Waals surface area contributed by atoms with E-state index in [-0.39, 0.29) is 40.6 Å². The Labute approximate surface area is 168 Å². The molecule has 7 nitrogen and oxygen atoms in total. The highest BCUT2D eigenvalue weighted by Gasteiger charge is 2.54. The Hall–Kier alpha value is -2.75. The third-order valence-corrected chi connectivity index (χ3v) is 6.49. The van der Waals surface area contributed by atoms with Gasteiger partial charge in [0.25, 0.3) is 0 Å². The lowest BCUT2D eigenvalue weighted by Gasteiger charge is -2.25. The number of carboxylic acid groups (broad SMARTS) is 1. The molecule has 3 N–H and O–H groups in total. The number of hydrogen-bond donors (Lipinski definition) is 2. The first kappa shape index (κ1) is 19.2. The summed E-state index contributed by atoms with van der Waals surface area (Å²) in [5.74, 6) is -2.81. The van der Waals surface area contributed by atoms with Crippen molar-refractivity contribution in [2.24, 2.45) is 11.1 Å². The van der Waals surface area contributed by atoms with Crippen molar-refractivity contribution < 1.29 is 27.8 Å². The quantitative estimate of drug-likeness (QED) is 0.768. The minimum atomic E-state index is -3.25. The van der Waals surface area contributed by atoms with E-state index in [4.69, 9.17) is 10.5 Å². The van der Waals surface area contributed by atoms with Gasteiger partial charge in [-0.05, 0) is 31.7 Å². The van der Waals surface area contributed by atoms with Crippen LogP contribution in [0.1, 0.15) is 42.1 Å². The summed E-state index contributed by atoms with van der Waals surface area (Å²) in [5, 5.41) is 9.09. The first-order chi connectivity index (χ1) is 14.2. The van der Waals surface area contributed by atoms with Crippen LogP contribution in [0.2, 0.25) is 0 Å². The van der Waals surface area contributed by atoms with Crippen molar-refractivity contribution in [2.75, 3.05) is 18.0 Å². The summed E-state index contributed by atoms with van der Waals surface area (Å²) in [6.07, 6.45) is 4.30. The minimum absolute atomic E-state index is 0.00508. The second-order valence-corrected chi connectivity index (χ2v) is 8.48. The summed E-state index contributed by atoms with van der Waals surface area (Å²) in [7, 11) is 0. The number of carboxylic acids is 1. The van der Waals surface area contributed by atoms with Crippen molar-refractivity contribution in [3.63, 3.8) is 0 Å². The fraction of sp³-hybridized carbons (Fsp3) is 0.500. The molecule has 2 aliphatic carbocycles. The number of carbonyl (C=O) groups is 1. The molecule has 1 aromatic carbocycles. The molecule has 2 heterocycles. The Bertz CT molecular complexity index is 1120. The molecule has 3 aliphatic rings. The van der Waals surface area contributed by atoms with Gasteiger partial charge >= 0.3 is 12.6 Å². The molecule has 10 heteroatoms. The topological polar surface area (TPSA) is 97.8 Å². The van der Waals surface area contributed by atoms with Crippen molar-refractivity contribution in [1.29, 1.82) is 0 Å². The number of alkyl halides is 2. The number of halogens is 3. The van der Waals surface area contributed by atoms with Gasteiger partial charge in [0, 0.05) is 36.8 Å². The van der Waals surface area contributed by atoms with Crippen molar-refractivity contribution in [3.05, 3.63) is 33.9 Å². The van der Waals surface area contributed by atoms with Crippen LogP contribution in [0.3, 0.4) is 0 Å². The Balaban J connectivity index is 1.80. The SMILES string of the molecule is N[C@@H]1CN(c2c(F)cc3c(=O)c(C(=O)O)cn(C4CC4)c3c2OC(F)F)CC12CC2. The van der Waals surface area contributed by atoms with Crippen LogP contribution in [0, 0.1) is 11.2 Å². The maximum Gasteiger partial charge on any atom is 0.387 e. The van der Waals surface area contributed by atoms with Gasteiger partial charge in [-0.15, -0.1) is 0 Å². The number of fused-ring (bicyclic) bond motifs is 1. The Morgan fingerprint density at radius 1 is 1.33 bits per heavy atom. The van der Waals surface area contributed by atoms with Crippen LogP contribution in [0.15, 0.2) is 17.1 Å². The van der Waals surface area contributed by atoms with Crippen LogP contribution in [0.4, 0.5) is 18.9 Å². The lowest BCUT2D eigenvalue weighted by atomic mass is 10.0. The number of aromatic nitrogens is 1. The number of anilines is 1. The average Bonchev–Trinajstić information content (AvgIpc) is 3.55. The van der Waals surface area contributed by atoms with E-state index in [2.05, 4.69) is 0 Å². The summed E-state index contributed by atoms with van der Waals surface area (Å²) in [5.41, 5.74) is 4.43.